The number of hydrogen-bond acceptors (Lipinski definition) is 4. The van der Waals surface area contributed by atoms with Gasteiger partial charge in [-0.1, -0.05) is 60.7 Å². The van der Waals surface area contributed by atoms with Crippen molar-refractivity contribution in [1.82, 2.24) is 9.80 Å². The van der Waals surface area contributed by atoms with E-state index < -0.39 is 12.1 Å². The lowest BCUT2D eigenvalue weighted by Gasteiger charge is -2.51. The van der Waals surface area contributed by atoms with Crippen LogP contribution in [0.3, 0.4) is 0 Å². The van der Waals surface area contributed by atoms with Crippen LogP contribution in [0.15, 0.2) is 83.5 Å². The molecule has 0 radical (unpaired) electrons. The maximum atomic E-state index is 13.3. The van der Waals surface area contributed by atoms with Gasteiger partial charge in [-0.05, 0) is 29.7 Å². The van der Waals surface area contributed by atoms with E-state index in [0.29, 0.717) is 19.4 Å². The van der Waals surface area contributed by atoms with E-state index in [9.17, 15) is 9.59 Å². The number of nitrogens with zero attached hydrogens (tertiary/aromatic N) is 2. The third kappa shape index (κ3) is 3.69. The zero-order valence-electron chi connectivity index (χ0n) is 17.1. The highest BCUT2D eigenvalue weighted by Gasteiger charge is 2.55. The number of aryl methyl sites for hydroxylation is 1. The summed E-state index contributed by atoms with van der Waals surface area (Å²) in [6.45, 7) is 0.786. The normalized spacial score (nSPS) is 23.0. The fourth-order valence-corrected chi connectivity index (χ4v) is 4.60. The summed E-state index contributed by atoms with van der Waals surface area (Å²) in [5.41, 5.74) is 2.05. The molecule has 2 aromatic carbocycles. The first-order valence-corrected chi connectivity index (χ1v) is 10.6. The van der Waals surface area contributed by atoms with Crippen LogP contribution in [0.5, 0.6) is 0 Å². The SMILES string of the molecule is O=C1C(N2C(=O)OC[C@@H]2c2ccccc2)C(CCc2ccco2)N1Cc1ccccc1. The molecule has 2 amide bonds. The van der Waals surface area contributed by atoms with Crippen molar-refractivity contribution >= 4 is 12.0 Å². The van der Waals surface area contributed by atoms with Crippen molar-refractivity contribution in [2.24, 2.45) is 0 Å². The molecular weight excluding hydrogens is 392 g/mol. The minimum atomic E-state index is -0.529. The molecule has 0 aliphatic carbocycles. The summed E-state index contributed by atoms with van der Waals surface area (Å²) in [6, 6.07) is 22.6. The Bertz CT molecular complexity index is 1040. The number of ether oxygens (including phenoxy) is 1. The Labute approximate surface area is 181 Å². The first-order chi connectivity index (χ1) is 15.2. The van der Waals surface area contributed by atoms with Crippen molar-refractivity contribution in [1.29, 1.82) is 0 Å². The minimum absolute atomic E-state index is 0.0342. The lowest BCUT2D eigenvalue weighted by molar-refractivity contribution is -0.159. The van der Waals surface area contributed by atoms with E-state index in [-0.39, 0.29) is 24.6 Å². The minimum Gasteiger partial charge on any atom is -0.469 e. The number of hydrogen-bond donors (Lipinski definition) is 0. The van der Waals surface area contributed by atoms with Crippen LogP contribution < -0.4 is 0 Å². The zero-order chi connectivity index (χ0) is 21.2. The highest BCUT2D eigenvalue weighted by Crippen LogP contribution is 2.38. The van der Waals surface area contributed by atoms with E-state index in [1.165, 1.54) is 0 Å². The maximum absolute atomic E-state index is 13.3. The summed E-state index contributed by atoms with van der Waals surface area (Å²) < 4.78 is 10.9. The number of amides is 2. The Morgan fingerprint density at radius 1 is 0.903 bits per heavy atom. The van der Waals surface area contributed by atoms with Gasteiger partial charge in [-0.2, -0.15) is 0 Å². The number of benzene rings is 2. The molecule has 0 saturated carbocycles. The Balaban J connectivity index is 1.41. The number of carbonyl (C=O) groups is 2. The summed E-state index contributed by atoms with van der Waals surface area (Å²) in [5, 5.41) is 0. The van der Waals surface area contributed by atoms with Crippen LogP contribution in [0.25, 0.3) is 0 Å². The molecular formula is C25H24N2O4. The van der Waals surface area contributed by atoms with Crippen LogP contribution >= 0.6 is 0 Å². The molecule has 3 aromatic rings. The van der Waals surface area contributed by atoms with Crippen molar-refractivity contribution in [2.75, 3.05) is 6.61 Å². The van der Waals surface area contributed by atoms with E-state index in [1.807, 2.05) is 77.7 Å². The van der Waals surface area contributed by atoms with Crippen LogP contribution in [0, 0.1) is 0 Å². The Morgan fingerprint density at radius 2 is 1.65 bits per heavy atom. The number of cyclic esters (lactones) is 1. The second kappa shape index (κ2) is 8.30. The van der Waals surface area contributed by atoms with Crippen molar-refractivity contribution < 1.29 is 18.7 Å². The molecule has 3 heterocycles. The van der Waals surface area contributed by atoms with E-state index in [2.05, 4.69) is 0 Å². The molecule has 1 aromatic heterocycles. The third-order valence-corrected chi connectivity index (χ3v) is 6.16. The van der Waals surface area contributed by atoms with Gasteiger partial charge in [0.05, 0.1) is 18.3 Å². The van der Waals surface area contributed by atoms with Crippen LogP contribution in [0.4, 0.5) is 4.79 Å². The molecule has 2 unspecified atom stereocenters. The maximum Gasteiger partial charge on any atom is 0.411 e. The Morgan fingerprint density at radius 3 is 2.35 bits per heavy atom. The van der Waals surface area contributed by atoms with Gasteiger partial charge in [-0.15, -0.1) is 0 Å². The summed E-state index contributed by atoms with van der Waals surface area (Å²) in [6.07, 6.45) is 2.65. The van der Waals surface area contributed by atoms with Crippen LogP contribution in [0.1, 0.15) is 29.3 Å². The predicted octanol–water partition coefficient (Wildman–Crippen LogP) is 4.19. The Kier molecular flexibility index (Phi) is 5.20. The van der Waals surface area contributed by atoms with Crippen molar-refractivity contribution in [2.45, 2.75) is 37.5 Å². The molecule has 2 aliphatic rings. The average molecular weight is 416 g/mol. The lowest BCUT2D eigenvalue weighted by Crippen LogP contribution is -2.70. The third-order valence-electron chi connectivity index (χ3n) is 6.16. The number of β-lactam (4-membered cyclic amide) rings is 1. The molecule has 6 heteroatoms. The van der Waals surface area contributed by atoms with Gasteiger partial charge in [-0.25, -0.2) is 4.79 Å². The van der Waals surface area contributed by atoms with Crippen LogP contribution in [-0.4, -0.2) is 40.5 Å². The zero-order valence-corrected chi connectivity index (χ0v) is 17.1. The summed E-state index contributed by atoms with van der Waals surface area (Å²) in [4.78, 5) is 29.5. The fourth-order valence-electron chi connectivity index (χ4n) is 4.60. The molecule has 3 atom stereocenters. The van der Waals surface area contributed by atoms with Gasteiger partial charge >= 0.3 is 6.09 Å². The standard InChI is InChI=1S/C25H24N2O4/c28-24-23(27-22(17-31-25(27)29)19-10-5-2-6-11-19)21(14-13-20-12-7-15-30-20)26(24)16-18-8-3-1-4-9-18/h1-12,15,21-23H,13-14,16-17H2/t21?,22-,23?/m1/s1. The monoisotopic (exact) mass is 416 g/mol. The van der Waals surface area contributed by atoms with Gasteiger partial charge in [0.2, 0.25) is 5.91 Å². The van der Waals surface area contributed by atoms with Gasteiger partial charge in [0.1, 0.15) is 18.4 Å². The molecule has 158 valence electrons. The van der Waals surface area contributed by atoms with Crippen molar-refractivity contribution in [3.8, 4) is 0 Å². The molecule has 2 aliphatic heterocycles. The molecule has 0 bridgehead atoms. The number of carbonyl (C=O) groups excluding carboxylic acids is 2. The van der Waals surface area contributed by atoms with Gasteiger partial charge in [-0.3, -0.25) is 9.69 Å². The molecule has 6 nitrogen and oxygen atoms in total. The van der Waals surface area contributed by atoms with Gasteiger partial charge in [0.15, 0.2) is 0 Å². The Hall–Kier alpha value is -3.54. The fraction of sp³-hybridized carbons (Fsp3) is 0.280. The van der Waals surface area contributed by atoms with E-state index in [4.69, 9.17) is 9.15 Å². The van der Waals surface area contributed by atoms with Crippen molar-refractivity contribution in [3.05, 3.63) is 95.9 Å². The predicted molar refractivity (Wildman–Crippen MR) is 114 cm³/mol. The first kappa shape index (κ1) is 19.4. The van der Waals surface area contributed by atoms with E-state index >= 15 is 0 Å². The smallest absolute Gasteiger partial charge is 0.411 e. The molecule has 31 heavy (non-hydrogen) atoms. The number of rotatable bonds is 7. The second-order valence-electron chi connectivity index (χ2n) is 7.99. The lowest BCUT2D eigenvalue weighted by atomic mass is 9.87. The van der Waals surface area contributed by atoms with Gasteiger partial charge < -0.3 is 14.1 Å². The summed E-state index contributed by atoms with van der Waals surface area (Å²) in [5.74, 6) is 0.842. The number of furan rings is 1. The van der Waals surface area contributed by atoms with Crippen LogP contribution in [-0.2, 0) is 22.5 Å². The summed E-state index contributed by atoms with van der Waals surface area (Å²) >= 11 is 0. The molecule has 5 rings (SSSR count). The largest absolute Gasteiger partial charge is 0.469 e. The van der Waals surface area contributed by atoms with Gasteiger partial charge in [0.25, 0.3) is 0 Å². The highest BCUT2D eigenvalue weighted by atomic mass is 16.6. The molecule has 2 fully saturated rings. The first-order valence-electron chi connectivity index (χ1n) is 10.6. The van der Waals surface area contributed by atoms with Crippen LogP contribution in [0.2, 0.25) is 0 Å². The molecule has 0 N–H and O–H groups in total. The summed E-state index contributed by atoms with van der Waals surface area (Å²) in [7, 11) is 0. The van der Waals surface area contributed by atoms with E-state index in [1.54, 1.807) is 11.2 Å². The quantitative estimate of drug-likeness (QED) is 0.542. The topological polar surface area (TPSA) is 63.0 Å². The van der Waals surface area contributed by atoms with Crippen molar-refractivity contribution in [3.63, 3.8) is 0 Å². The van der Waals surface area contributed by atoms with Gasteiger partial charge in [0, 0.05) is 13.0 Å². The number of likely N-dealkylation sites (tertiary alicyclic amines) is 1. The average Bonchev–Trinajstić information content (AvgIpc) is 3.46. The second-order valence-corrected chi connectivity index (χ2v) is 7.99. The highest BCUT2D eigenvalue weighted by molar-refractivity contribution is 5.93. The molecule has 2 saturated heterocycles. The van der Waals surface area contributed by atoms with E-state index in [0.717, 1.165) is 16.9 Å². The molecule has 0 spiro atoms.